The molecule has 0 radical (unpaired) electrons. The van der Waals surface area contributed by atoms with Gasteiger partial charge in [-0.1, -0.05) is 11.2 Å². The summed E-state index contributed by atoms with van der Waals surface area (Å²) in [7, 11) is 0. The quantitative estimate of drug-likeness (QED) is 0.846. The van der Waals surface area contributed by atoms with E-state index in [4.69, 9.17) is 4.52 Å². The molecule has 3 rings (SSSR count). The Morgan fingerprint density at radius 2 is 2.24 bits per heavy atom. The van der Waals surface area contributed by atoms with Crippen molar-refractivity contribution in [3.05, 3.63) is 23.4 Å². The summed E-state index contributed by atoms with van der Waals surface area (Å²) in [5.74, 6) is 2.49. The molecular weight excluding hydrogens is 306 g/mol. The van der Waals surface area contributed by atoms with Crippen molar-refractivity contribution >= 4 is 29.0 Å². The monoisotopic (exact) mass is 323 g/mol. The number of amides is 1. The average molecular weight is 323 g/mol. The van der Waals surface area contributed by atoms with Crippen LogP contribution in [0.5, 0.6) is 0 Å². The first-order valence-corrected chi connectivity index (χ1v) is 9.08. The molecule has 7 heteroatoms. The van der Waals surface area contributed by atoms with E-state index in [1.54, 1.807) is 11.3 Å². The van der Waals surface area contributed by atoms with E-state index in [0.29, 0.717) is 23.2 Å². The van der Waals surface area contributed by atoms with Gasteiger partial charge in [0.25, 0.3) is 0 Å². The fourth-order valence-electron chi connectivity index (χ4n) is 2.28. The van der Waals surface area contributed by atoms with Gasteiger partial charge in [0.1, 0.15) is 0 Å². The number of hydrogen-bond donors (Lipinski definition) is 0. The van der Waals surface area contributed by atoms with Crippen LogP contribution in [0.3, 0.4) is 0 Å². The van der Waals surface area contributed by atoms with E-state index in [1.165, 1.54) is 18.2 Å². The van der Waals surface area contributed by atoms with Crippen molar-refractivity contribution in [3.63, 3.8) is 0 Å². The van der Waals surface area contributed by atoms with Crippen molar-refractivity contribution in [2.45, 2.75) is 25.0 Å². The van der Waals surface area contributed by atoms with Crippen LogP contribution in [0.2, 0.25) is 0 Å². The SMILES string of the molecule is O=C(CSCc1nc(-c2cccs2)no1)N1CCCCC1. The van der Waals surface area contributed by atoms with Gasteiger partial charge in [-0.05, 0) is 30.7 Å². The summed E-state index contributed by atoms with van der Waals surface area (Å²) < 4.78 is 5.22. The predicted octanol–water partition coefficient (Wildman–Crippen LogP) is 3.04. The second-order valence-electron chi connectivity index (χ2n) is 4.92. The van der Waals surface area contributed by atoms with Crippen LogP contribution in [0.4, 0.5) is 0 Å². The Morgan fingerprint density at radius 1 is 1.38 bits per heavy atom. The van der Waals surface area contributed by atoms with Crippen molar-refractivity contribution in [2.75, 3.05) is 18.8 Å². The molecule has 0 saturated carbocycles. The van der Waals surface area contributed by atoms with E-state index in [1.807, 2.05) is 22.4 Å². The van der Waals surface area contributed by atoms with Gasteiger partial charge >= 0.3 is 0 Å². The van der Waals surface area contributed by atoms with E-state index in [-0.39, 0.29) is 5.91 Å². The number of hydrogen-bond acceptors (Lipinski definition) is 6. The molecular formula is C14H17N3O2S2. The summed E-state index contributed by atoms with van der Waals surface area (Å²) in [6.45, 7) is 1.81. The van der Waals surface area contributed by atoms with Gasteiger partial charge in [-0.15, -0.1) is 23.1 Å². The molecule has 1 aliphatic heterocycles. The van der Waals surface area contributed by atoms with Crippen LogP contribution < -0.4 is 0 Å². The molecule has 21 heavy (non-hydrogen) atoms. The van der Waals surface area contributed by atoms with Gasteiger partial charge in [-0.2, -0.15) is 4.98 Å². The molecule has 3 heterocycles. The molecule has 0 unspecified atom stereocenters. The number of carbonyl (C=O) groups excluding carboxylic acids is 1. The van der Waals surface area contributed by atoms with Gasteiger partial charge in [0.2, 0.25) is 17.6 Å². The van der Waals surface area contributed by atoms with Gasteiger partial charge in [0.05, 0.1) is 16.4 Å². The second-order valence-corrected chi connectivity index (χ2v) is 6.86. The Morgan fingerprint density at radius 3 is 3.00 bits per heavy atom. The smallest absolute Gasteiger partial charge is 0.236 e. The minimum atomic E-state index is 0.220. The normalized spacial score (nSPS) is 15.3. The standard InChI is InChI=1S/C14H17N3O2S2/c18-13(17-6-2-1-3-7-17)10-20-9-12-15-14(16-19-12)11-5-4-8-21-11/h4-5,8H,1-3,6-7,9-10H2. The third kappa shape index (κ3) is 3.85. The zero-order valence-electron chi connectivity index (χ0n) is 11.7. The molecule has 0 spiro atoms. The van der Waals surface area contributed by atoms with Crippen LogP contribution in [0, 0.1) is 0 Å². The number of likely N-dealkylation sites (tertiary alicyclic amines) is 1. The topological polar surface area (TPSA) is 59.2 Å². The van der Waals surface area contributed by atoms with E-state index in [2.05, 4.69) is 10.1 Å². The largest absolute Gasteiger partial charge is 0.342 e. The third-order valence-corrected chi connectivity index (χ3v) is 5.14. The van der Waals surface area contributed by atoms with Crippen molar-refractivity contribution in [3.8, 4) is 10.7 Å². The summed E-state index contributed by atoms with van der Waals surface area (Å²) in [4.78, 5) is 19.3. The lowest BCUT2D eigenvalue weighted by Gasteiger charge is -2.26. The Labute approximate surface area is 131 Å². The molecule has 1 amide bonds. The van der Waals surface area contributed by atoms with Crippen LogP contribution in [0.1, 0.15) is 25.2 Å². The number of piperidine rings is 1. The highest BCUT2D eigenvalue weighted by molar-refractivity contribution is 7.99. The minimum Gasteiger partial charge on any atom is -0.342 e. The lowest BCUT2D eigenvalue weighted by molar-refractivity contribution is -0.129. The molecule has 1 saturated heterocycles. The number of thioether (sulfide) groups is 1. The highest BCUT2D eigenvalue weighted by Crippen LogP contribution is 2.22. The summed E-state index contributed by atoms with van der Waals surface area (Å²) in [6, 6.07) is 3.92. The summed E-state index contributed by atoms with van der Waals surface area (Å²) in [5.41, 5.74) is 0. The number of carbonyl (C=O) groups is 1. The van der Waals surface area contributed by atoms with Crippen molar-refractivity contribution < 1.29 is 9.32 Å². The molecule has 112 valence electrons. The van der Waals surface area contributed by atoms with Crippen LogP contribution in [0.15, 0.2) is 22.0 Å². The maximum absolute atomic E-state index is 12.0. The molecule has 5 nitrogen and oxygen atoms in total. The van der Waals surface area contributed by atoms with E-state index >= 15 is 0 Å². The first kappa shape index (κ1) is 14.6. The van der Waals surface area contributed by atoms with Gasteiger partial charge < -0.3 is 9.42 Å². The molecule has 2 aromatic heterocycles. The van der Waals surface area contributed by atoms with Crippen molar-refractivity contribution in [1.29, 1.82) is 0 Å². The Hall–Kier alpha value is -1.34. The van der Waals surface area contributed by atoms with Gasteiger partial charge in [-0.25, -0.2) is 0 Å². The maximum atomic E-state index is 12.0. The number of rotatable bonds is 5. The summed E-state index contributed by atoms with van der Waals surface area (Å²) >= 11 is 3.12. The molecule has 0 aliphatic carbocycles. The molecule has 0 N–H and O–H groups in total. The van der Waals surface area contributed by atoms with Gasteiger partial charge in [-0.3, -0.25) is 4.79 Å². The summed E-state index contributed by atoms with van der Waals surface area (Å²) in [6.07, 6.45) is 3.50. The highest BCUT2D eigenvalue weighted by Gasteiger charge is 2.17. The van der Waals surface area contributed by atoms with Crippen LogP contribution in [-0.2, 0) is 10.5 Å². The Balaban J connectivity index is 1.46. The Kier molecular flexibility index (Phi) is 4.92. The number of nitrogens with zero attached hydrogens (tertiary/aromatic N) is 3. The fourth-order valence-corrected chi connectivity index (χ4v) is 3.68. The summed E-state index contributed by atoms with van der Waals surface area (Å²) in [5, 5.41) is 5.95. The molecule has 0 atom stereocenters. The van der Waals surface area contributed by atoms with Crippen LogP contribution in [0.25, 0.3) is 10.7 Å². The lowest BCUT2D eigenvalue weighted by Crippen LogP contribution is -2.36. The van der Waals surface area contributed by atoms with Crippen LogP contribution in [-0.4, -0.2) is 39.8 Å². The Bertz CT molecular complexity index is 577. The van der Waals surface area contributed by atoms with E-state index in [9.17, 15) is 4.79 Å². The van der Waals surface area contributed by atoms with Crippen LogP contribution >= 0.6 is 23.1 Å². The first-order valence-electron chi connectivity index (χ1n) is 7.05. The average Bonchev–Trinajstić information content (AvgIpc) is 3.19. The first-order chi connectivity index (χ1) is 10.3. The molecule has 2 aromatic rings. The van der Waals surface area contributed by atoms with Crippen molar-refractivity contribution in [1.82, 2.24) is 15.0 Å². The minimum absolute atomic E-state index is 0.220. The van der Waals surface area contributed by atoms with E-state index < -0.39 is 0 Å². The van der Waals surface area contributed by atoms with Crippen molar-refractivity contribution in [2.24, 2.45) is 0 Å². The number of aromatic nitrogens is 2. The van der Waals surface area contributed by atoms with Gasteiger partial charge in [0.15, 0.2) is 0 Å². The molecule has 0 bridgehead atoms. The highest BCUT2D eigenvalue weighted by atomic mass is 32.2. The lowest BCUT2D eigenvalue weighted by atomic mass is 10.1. The van der Waals surface area contributed by atoms with Gasteiger partial charge in [0, 0.05) is 13.1 Å². The third-order valence-electron chi connectivity index (χ3n) is 3.37. The van der Waals surface area contributed by atoms with E-state index in [0.717, 1.165) is 30.8 Å². The molecule has 0 aromatic carbocycles. The predicted molar refractivity (Wildman–Crippen MR) is 84.2 cm³/mol. The maximum Gasteiger partial charge on any atom is 0.236 e. The zero-order valence-corrected chi connectivity index (χ0v) is 13.3. The zero-order chi connectivity index (χ0) is 14.5. The fraction of sp³-hybridized carbons (Fsp3) is 0.500. The number of thiophene rings is 1. The molecule has 1 aliphatic rings. The second kappa shape index (κ2) is 7.09. The molecule has 1 fully saturated rings.